The van der Waals surface area contributed by atoms with Crippen LogP contribution < -0.4 is 11.5 Å². The second-order valence-corrected chi connectivity index (χ2v) is 5.17. The largest absolute Gasteiger partial charge is 0.382 e. The molecule has 2 heterocycles. The number of nitrogen functional groups attached to an aromatic ring is 2. The summed E-state index contributed by atoms with van der Waals surface area (Å²) >= 11 is 5.84. The van der Waals surface area contributed by atoms with Gasteiger partial charge in [0.1, 0.15) is 17.5 Å². The summed E-state index contributed by atoms with van der Waals surface area (Å²) in [4.78, 5) is 16.3. The van der Waals surface area contributed by atoms with Crippen LogP contribution in [0.4, 0.5) is 23.0 Å². The maximum Gasteiger partial charge on any atom is 0.183 e. The summed E-state index contributed by atoms with van der Waals surface area (Å²) in [6.07, 6.45) is 4.52. The molecule has 0 aliphatic rings. The van der Waals surface area contributed by atoms with Crippen LogP contribution in [0.25, 0.3) is 11.5 Å². The van der Waals surface area contributed by atoms with Gasteiger partial charge in [-0.05, 0) is 18.2 Å². The van der Waals surface area contributed by atoms with E-state index in [1.54, 1.807) is 12.1 Å². The van der Waals surface area contributed by atoms with E-state index in [0.29, 0.717) is 16.4 Å². The maximum absolute atomic E-state index is 9.11. The van der Waals surface area contributed by atoms with Crippen molar-refractivity contribution in [3.63, 3.8) is 0 Å². The predicted molar refractivity (Wildman–Crippen MR) is 92.2 cm³/mol. The van der Waals surface area contributed by atoms with Gasteiger partial charge in [0.15, 0.2) is 23.1 Å². The van der Waals surface area contributed by atoms with Crippen LogP contribution in [0.5, 0.6) is 0 Å². The highest BCUT2D eigenvalue weighted by Gasteiger charge is 2.12. The van der Waals surface area contributed by atoms with Gasteiger partial charge in [-0.2, -0.15) is 5.26 Å². The van der Waals surface area contributed by atoms with E-state index in [1.807, 2.05) is 6.07 Å². The summed E-state index contributed by atoms with van der Waals surface area (Å²) in [7, 11) is 0. The lowest BCUT2D eigenvalue weighted by Crippen LogP contribution is -2.02. The van der Waals surface area contributed by atoms with E-state index in [-0.39, 0.29) is 28.7 Å². The number of nitriles is 1. The average Bonchev–Trinajstić information content (AvgIpc) is 2.62. The van der Waals surface area contributed by atoms with E-state index in [0.717, 1.165) is 0 Å². The summed E-state index contributed by atoms with van der Waals surface area (Å²) < 4.78 is 0. The molecule has 0 fully saturated rings. The molecule has 9 nitrogen and oxygen atoms in total. The van der Waals surface area contributed by atoms with Crippen LogP contribution in [0.3, 0.4) is 0 Å². The summed E-state index contributed by atoms with van der Waals surface area (Å²) in [5.74, 6) is 0.292. The number of anilines is 2. The highest BCUT2D eigenvalue weighted by Crippen LogP contribution is 2.31. The number of halogens is 1. The number of benzene rings is 1. The second-order valence-electron chi connectivity index (χ2n) is 4.73. The molecule has 122 valence electrons. The van der Waals surface area contributed by atoms with E-state index < -0.39 is 0 Å². The number of hydrogen-bond donors (Lipinski definition) is 2. The molecule has 2 aromatic heterocycles. The van der Waals surface area contributed by atoms with Gasteiger partial charge in [0.2, 0.25) is 0 Å². The molecule has 10 heteroatoms. The molecule has 0 aliphatic heterocycles. The van der Waals surface area contributed by atoms with Gasteiger partial charge >= 0.3 is 0 Å². The third kappa shape index (κ3) is 3.49. The lowest BCUT2D eigenvalue weighted by Gasteiger charge is -2.05. The molecule has 0 atom stereocenters. The highest BCUT2D eigenvalue weighted by molar-refractivity contribution is 6.30. The Morgan fingerprint density at radius 3 is 2.48 bits per heavy atom. The Labute approximate surface area is 147 Å². The third-order valence-corrected chi connectivity index (χ3v) is 3.30. The molecule has 3 rings (SSSR count). The maximum atomic E-state index is 9.11. The van der Waals surface area contributed by atoms with Crippen molar-refractivity contribution < 1.29 is 0 Å². The van der Waals surface area contributed by atoms with E-state index in [1.165, 1.54) is 24.7 Å². The standard InChI is InChI=1S/C15H10ClN9/c16-9-1-2-10(8(5-9)6-17)24-25-12-13(18)22-15(23-14(12)19)11-7-20-3-4-21-11/h1-5,7H,(H4,18,19,22,23)/b25-24+. The first-order valence-corrected chi connectivity index (χ1v) is 7.27. The first-order chi connectivity index (χ1) is 12.1. The molecule has 0 bridgehead atoms. The van der Waals surface area contributed by atoms with E-state index in [2.05, 4.69) is 30.2 Å². The van der Waals surface area contributed by atoms with E-state index in [4.69, 9.17) is 28.3 Å². The van der Waals surface area contributed by atoms with Gasteiger partial charge in [-0.1, -0.05) is 11.6 Å². The van der Waals surface area contributed by atoms with Crippen LogP contribution in [0, 0.1) is 11.3 Å². The molecule has 0 saturated carbocycles. The minimum atomic E-state index is 0.0318. The molecule has 0 saturated heterocycles. The van der Waals surface area contributed by atoms with E-state index in [9.17, 15) is 0 Å². The summed E-state index contributed by atoms with van der Waals surface area (Å²) in [6.45, 7) is 0. The molecule has 0 radical (unpaired) electrons. The average molecular weight is 352 g/mol. The number of hydrogen-bond acceptors (Lipinski definition) is 9. The summed E-state index contributed by atoms with van der Waals surface area (Å²) in [5.41, 5.74) is 12.9. The van der Waals surface area contributed by atoms with Crippen molar-refractivity contribution in [2.24, 2.45) is 10.2 Å². The van der Waals surface area contributed by atoms with Crippen LogP contribution in [-0.4, -0.2) is 19.9 Å². The van der Waals surface area contributed by atoms with Gasteiger partial charge in [0, 0.05) is 17.4 Å². The number of azo groups is 1. The molecule has 0 aliphatic carbocycles. The molecule has 3 aromatic rings. The van der Waals surface area contributed by atoms with Crippen molar-refractivity contribution in [2.45, 2.75) is 0 Å². The van der Waals surface area contributed by atoms with Crippen molar-refractivity contribution in [1.82, 2.24) is 19.9 Å². The Kier molecular flexibility index (Phi) is 4.45. The highest BCUT2D eigenvalue weighted by atomic mass is 35.5. The third-order valence-electron chi connectivity index (χ3n) is 3.07. The Balaban J connectivity index is 1.98. The van der Waals surface area contributed by atoms with Gasteiger partial charge in [-0.15, -0.1) is 10.2 Å². The fraction of sp³-hybridized carbons (Fsp3) is 0. The zero-order valence-corrected chi connectivity index (χ0v) is 13.4. The van der Waals surface area contributed by atoms with Crippen LogP contribution in [0.15, 0.2) is 47.0 Å². The van der Waals surface area contributed by atoms with Gasteiger partial charge in [0.05, 0.1) is 11.8 Å². The van der Waals surface area contributed by atoms with Crippen LogP contribution in [0.2, 0.25) is 5.02 Å². The molecule has 25 heavy (non-hydrogen) atoms. The van der Waals surface area contributed by atoms with Gasteiger partial charge in [-0.3, -0.25) is 4.98 Å². The molecule has 1 aromatic carbocycles. The monoisotopic (exact) mass is 351 g/mol. The zero-order chi connectivity index (χ0) is 17.8. The minimum absolute atomic E-state index is 0.0318. The second kappa shape index (κ2) is 6.86. The predicted octanol–water partition coefficient (Wildman–Crippen LogP) is 3.04. The first-order valence-electron chi connectivity index (χ1n) is 6.89. The number of rotatable bonds is 3. The molecular formula is C15H10ClN9. The lowest BCUT2D eigenvalue weighted by molar-refractivity contribution is 1.10. The molecule has 4 N–H and O–H groups in total. The van der Waals surface area contributed by atoms with Crippen molar-refractivity contribution in [3.05, 3.63) is 47.4 Å². The number of nitrogens with zero attached hydrogens (tertiary/aromatic N) is 7. The van der Waals surface area contributed by atoms with Crippen LogP contribution >= 0.6 is 11.6 Å². The van der Waals surface area contributed by atoms with Gasteiger partial charge in [-0.25, -0.2) is 15.0 Å². The fourth-order valence-corrected chi connectivity index (χ4v) is 2.08. The SMILES string of the molecule is N#Cc1cc(Cl)ccc1/N=N/c1c(N)nc(-c2cnccn2)nc1N. The van der Waals surface area contributed by atoms with Gasteiger partial charge in [0.25, 0.3) is 0 Å². The normalized spacial score (nSPS) is 10.7. The lowest BCUT2D eigenvalue weighted by atomic mass is 10.2. The summed E-state index contributed by atoms with van der Waals surface area (Å²) in [5, 5.41) is 17.5. The van der Waals surface area contributed by atoms with Gasteiger partial charge < -0.3 is 11.5 Å². The Morgan fingerprint density at radius 2 is 1.84 bits per heavy atom. The van der Waals surface area contributed by atoms with Crippen LogP contribution in [0.1, 0.15) is 5.56 Å². The van der Waals surface area contributed by atoms with Crippen molar-refractivity contribution in [2.75, 3.05) is 11.5 Å². The molecule has 0 amide bonds. The molecule has 0 spiro atoms. The Hall–Kier alpha value is -3.64. The Morgan fingerprint density at radius 1 is 1.08 bits per heavy atom. The quantitative estimate of drug-likeness (QED) is 0.687. The number of nitrogens with two attached hydrogens (primary N) is 2. The molecule has 0 unspecified atom stereocenters. The minimum Gasteiger partial charge on any atom is -0.382 e. The zero-order valence-electron chi connectivity index (χ0n) is 12.6. The topological polar surface area (TPSA) is 152 Å². The van der Waals surface area contributed by atoms with Crippen LogP contribution in [-0.2, 0) is 0 Å². The van der Waals surface area contributed by atoms with E-state index >= 15 is 0 Å². The number of aromatic nitrogens is 4. The van der Waals surface area contributed by atoms with Crippen molar-refractivity contribution >= 4 is 34.6 Å². The van der Waals surface area contributed by atoms with Crippen molar-refractivity contribution in [3.8, 4) is 17.6 Å². The fourth-order valence-electron chi connectivity index (χ4n) is 1.91. The Bertz CT molecular complexity index is 973. The summed E-state index contributed by atoms with van der Waals surface area (Å²) in [6, 6.07) is 6.62. The first kappa shape index (κ1) is 16.2. The smallest absolute Gasteiger partial charge is 0.183 e. The molecular weight excluding hydrogens is 342 g/mol. The van der Waals surface area contributed by atoms with Crippen molar-refractivity contribution in [1.29, 1.82) is 5.26 Å².